The van der Waals surface area contributed by atoms with Gasteiger partial charge in [0.15, 0.2) is 5.13 Å². The van der Waals surface area contributed by atoms with Gasteiger partial charge in [-0.2, -0.15) is 0 Å². The lowest BCUT2D eigenvalue weighted by Crippen LogP contribution is -2.12. The van der Waals surface area contributed by atoms with Gasteiger partial charge in [0.05, 0.1) is 5.69 Å². The largest absolute Gasteiger partial charge is 0.302 e. The van der Waals surface area contributed by atoms with Crippen LogP contribution in [0.4, 0.5) is 5.13 Å². The van der Waals surface area contributed by atoms with Crippen LogP contribution in [0.2, 0.25) is 0 Å². The van der Waals surface area contributed by atoms with Crippen LogP contribution in [0.3, 0.4) is 0 Å². The number of anilines is 1. The summed E-state index contributed by atoms with van der Waals surface area (Å²) in [5.41, 5.74) is 2.01. The summed E-state index contributed by atoms with van der Waals surface area (Å²) in [4.78, 5) is 16.5. The van der Waals surface area contributed by atoms with E-state index in [2.05, 4.69) is 10.3 Å². The van der Waals surface area contributed by atoms with Gasteiger partial charge in [0.1, 0.15) is 0 Å². The molecule has 21 heavy (non-hydrogen) atoms. The van der Waals surface area contributed by atoms with Gasteiger partial charge in [-0.1, -0.05) is 56.0 Å². The van der Waals surface area contributed by atoms with E-state index in [1.807, 2.05) is 35.7 Å². The van der Waals surface area contributed by atoms with Crippen LogP contribution in [-0.2, 0) is 4.79 Å². The van der Waals surface area contributed by atoms with Crippen molar-refractivity contribution in [2.45, 2.75) is 38.5 Å². The van der Waals surface area contributed by atoms with Crippen molar-refractivity contribution in [3.8, 4) is 11.3 Å². The number of benzene rings is 1. The van der Waals surface area contributed by atoms with Gasteiger partial charge in [0, 0.05) is 17.4 Å². The van der Waals surface area contributed by atoms with Crippen molar-refractivity contribution in [1.82, 2.24) is 4.98 Å². The first-order valence-electron chi connectivity index (χ1n) is 7.62. The minimum absolute atomic E-state index is 0.0934. The smallest absolute Gasteiger partial charge is 0.226 e. The molecule has 1 heterocycles. The molecule has 0 saturated heterocycles. The Hall–Kier alpha value is -1.68. The van der Waals surface area contributed by atoms with Gasteiger partial charge < -0.3 is 5.32 Å². The van der Waals surface area contributed by atoms with Crippen LogP contribution in [0, 0.1) is 5.92 Å². The molecule has 2 aromatic rings. The number of carbonyl (C=O) groups excluding carboxylic acids is 1. The Morgan fingerprint density at radius 2 is 2.00 bits per heavy atom. The second-order valence-electron chi connectivity index (χ2n) is 5.64. The summed E-state index contributed by atoms with van der Waals surface area (Å²) in [7, 11) is 0. The second-order valence-corrected chi connectivity index (χ2v) is 6.50. The molecule has 1 aromatic heterocycles. The molecule has 1 aromatic carbocycles. The molecule has 0 unspecified atom stereocenters. The Morgan fingerprint density at radius 1 is 1.24 bits per heavy atom. The van der Waals surface area contributed by atoms with Crippen molar-refractivity contribution < 1.29 is 4.79 Å². The summed E-state index contributed by atoms with van der Waals surface area (Å²) in [5, 5.41) is 5.61. The molecule has 0 spiro atoms. The van der Waals surface area contributed by atoms with Crippen LogP contribution in [0.1, 0.15) is 38.5 Å². The molecule has 0 bridgehead atoms. The van der Waals surface area contributed by atoms with Gasteiger partial charge in [-0.15, -0.1) is 11.3 Å². The molecular formula is C17H20N2OS. The first kappa shape index (κ1) is 14.3. The molecule has 1 aliphatic carbocycles. The van der Waals surface area contributed by atoms with E-state index in [1.54, 1.807) is 0 Å². The van der Waals surface area contributed by atoms with Crippen LogP contribution < -0.4 is 5.32 Å². The predicted molar refractivity (Wildman–Crippen MR) is 87.4 cm³/mol. The maximum absolute atomic E-state index is 12.0. The lowest BCUT2D eigenvalue weighted by molar-refractivity contribution is -0.116. The lowest BCUT2D eigenvalue weighted by Gasteiger charge is -2.07. The summed E-state index contributed by atoms with van der Waals surface area (Å²) < 4.78 is 0. The number of thiazole rings is 1. The van der Waals surface area contributed by atoms with Crippen molar-refractivity contribution in [1.29, 1.82) is 0 Å². The summed E-state index contributed by atoms with van der Waals surface area (Å²) in [6.07, 6.45) is 6.89. The third-order valence-electron chi connectivity index (χ3n) is 4.07. The Bertz CT molecular complexity index is 588. The van der Waals surface area contributed by atoms with E-state index >= 15 is 0 Å². The third kappa shape index (κ3) is 3.91. The monoisotopic (exact) mass is 300 g/mol. The van der Waals surface area contributed by atoms with Gasteiger partial charge in [0.25, 0.3) is 0 Å². The summed E-state index contributed by atoms with van der Waals surface area (Å²) in [6, 6.07) is 10.0. The molecule has 1 saturated carbocycles. The zero-order valence-corrected chi connectivity index (χ0v) is 12.9. The molecule has 1 amide bonds. The number of rotatable bonds is 5. The van der Waals surface area contributed by atoms with Crippen LogP contribution >= 0.6 is 11.3 Å². The van der Waals surface area contributed by atoms with Crippen molar-refractivity contribution in [3.63, 3.8) is 0 Å². The van der Waals surface area contributed by atoms with Crippen LogP contribution in [0.15, 0.2) is 35.7 Å². The highest BCUT2D eigenvalue weighted by Crippen LogP contribution is 2.29. The highest BCUT2D eigenvalue weighted by molar-refractivity contribution is 7.14. The zero-order chi connectivity index (χ0) is 14.5. The number of hydrogen-bond donors (Lipinski definition) is 1. The molecule has 0 radical (unpaired) electrons. The Balaban J connectivity index is 1.53. The Kier molecular flexibility index (Phi) is 4.65. The highest BCUT2D eigenvalue weighted by Gasteiger charge is 2.16. The van der Waals surface area contributed by atoms with Gasteiger partial charge in [-0.3, -0.25) is 4.79 Å². The number of nitrogens with one attached hydrogen (secondary N) is 1. The Morgan fingerprint density at radius 3 is 2.76 bits per heavy atom. The SMILES string of the molecule is O=C(CCC1CCCC1)Nc1nc(-c2ccccc2)cs1. The fraction of sp³-hybridized carbons (Fsp3) is 0.412. The van der Waals surface area contributed by atoms with E-state index in [0.717, 1.165) is 23.6 Å². The number of nitrogens with zero attached hydrogens (tertiary/aromatic N) is 1. The quantitative estimate of drug-likeness (QED) is 0.868. The van der Waals surface area contributed by atoms with E-state index in [-0.39, 0.29) is 5.91 Å². The highest BCUT2D eigenvalue weighted by atomic mass is 32.1. The number of amides is 1. The van der Waals surface area contributed by atoms with Gasteiger partial charge in [-0.05, 0) is 12.3 Å². The summed E-state index contributed by atoms with van der Waals surface area (Å²) >= 11 is 1.49. The Labute approximate surface area is 129 Å². The summed E-state index contributed by atoms with van der Waals surface area (Å²) in [5.74, 6) is 0.850. The third-order valence-corrected chi connectivity index (χ3v) is 4.83. The average molecular weight is 300 g/mol. The van der Waals surface area contributed by atoms with E-state index < -0.39 is 0 Å². The van der Waals surface area contributed by atoms with Crippen molar-refractivity contribution in [2.75, 3.05) is 5.32 Å². The lowest BCUT2D eigenvalue weighted by atomic mass is 10.0. The van der Waals surface area contributed by atoms with Crippen LogP contribution in [0.5, 0.6) is 0 Å². The van der Waals surface area contributed by atoms with Crippen molar-refractivity contribution >= 4 is 22.4 Å². The molecule has 3 nitrogen and oxygen atoms in total. The molecule has 1 N–H and O–H groups in total. The molecule has 1 aliphatic rings. The minimum atomic E-state index is 0.0934. The van der Waals surface area contributed by atoms with Crippen LogP contribution in [0.25, 0.3) is 11.3 Å². The standard InChI is InChI=1S/C17H20N2OS/c20-16(11-10-13-6-4-5-7-13)19-17-18-15(12-21-17)14-8-2-1-3-9-14/h1-3,8-9,12-13H,4-7,10-11H2,(H,18,19,20). The van der Waals surface area contributed by atoms with Crippen molar-refractivity contribution in [3.05, 3.63) is 35.7 Å². The fourth-order valence-electron chi connectivity index (χ4n) is 2.89. The molecule has 110 valence electrons. The fourth-order valence-corrected chi connectivity index (χ4v) is 3.62. The molecular weight excluding hydrogens is 280 g/mol. The number of hydrogen-bond acceptors (Lipinski definition) is 3. The van der Waals surface area contributed by atoms with Crippen molar-refractivity contribution in [2.24, 2.45) is 5.92 Å². The van der Waals surface area contributed by atoms with E-state index in [9.17, 15) is 4.79 Å². The van der Waals surface area contributed by atoms with E-state index in [1.165, 1.54) is 37.0 Å². The minimum Gasteiger partial charge on any atom is -0.302 e. The first-order chi connectivity index (χ1) is 10.3. The number of aromatic nitrogens is 1. The average Bonchev–Trinajstić information content (AvgIpc) is 3.17. The molecule has 0 atom stereocenters. The van der Waals surface area contributed by atoms with E-state index in [0.29, 0.717) is 11.6 Å². The van der Waals surface area contributed by atoms with Crippen LogP contribution in [-0.4, -0.2) is 10.9 Å². The normalized spacial score (nSPS) is 15.2. The molecule has 4 heteroatoms. The number of carbonyl (C=O) groups is 1. The zero-order valence-electron chi connectivity index (χ0n) is 12.0. The van der Waals surface area contributed by atoms with Gasteiger partial charge in [0.2, 0.25) is 5.91 Å². The van der Waals surface area contributed by atoms with E-state index in [4.69, 9.17) is 0 Å². The molecule has 0 aliphatic heterocycles. The first-order valence-corrected chi connectivity index (χ1v) is 8.50. The summed E-state index contributed by atoms with van der Waals surface area (Å²) in [6.45, 7) is 0. The second kappa shape index (κ2) is 6.85. The van der Waals surface area contributed by atoms with Gasteiger partial charge in [-0.25, -0.2) is 4.98 Å². The topological polar surface area (TPSA) is 42.0 Å². The predicted octanol–water partition coefficient (Wildman–Crippen LogP) is 4.72. The maximum atomic E-state index is 12.0. The maximum Gasteiger partial charge on any atom is 0.226 e. The molecule has 1 fully saturated rings. The van der Waals surface area contributed by atoms with Gasteiger partial charge >= 0.3 is 0 Å². The molecule has 3 rings (SSSR count).